The van der Waals surface area contributed by atoms with Gasteiger partial charge in [-0.3, -0.25) is 14.9 Å². The third kappa shape index (κ3) is 3.36. The van der Waals surface area contributed by atoms with E-state index in [1.54, 1.807) is 12.1 Å². The Morgan fingerprint density at radius 3 is 2.43 bits per heavy atom. The topological polar surface area (TPSA) is 92.5 Å². The van der Waals surface area contributed by atoms with Crippen molar-refractivity contribution in [3.05, 3.63) is 63.7 Å². The first-order chi connectivity index (χ1) is 10.0. The molecule has 2 rings (SSSR count). The summed E-state index contributed by atoms with van der Waals surface area (Å²) in [6.07, 6.45) is 0.907. The number of benzene rings is 2. The highest BCUT2D eigenvalue weighted by Crippen LogP contribution is 2.26. The Balaban J connectivity index is 2.16. The molecule has 2 aromatic carbocycles. The number of hydrogen-bond donors (Lipinski definition) is 2. The number of nitro groups is 1. The van der Waals surface area contributed by atoms with E-state index >= 15 is 0 Å². The fourth-order valence-corrected chi connectivity index (χ4v) is 1.85. The van der Waals surface area contributed by atoms with Gasteiger partial charge >= 0.3 is 5.69 Å². The Bertz CT molecular complexity index is 681. The van der Waals surface area contributed by atoms with Crippen LogP contribution in [0.15, 0.2) is 42.5 Å². The summed E-state index contributed by atoms with van der Waals surface area (Å²) in [5.41, 5.74) is 1.49. The van der Waals surface area contributed by atoms with Crippen LogP contribution in [0, 0.1) is 10.1 Å². The van der Waals surface area contributed by atoms with Crippen molar-refractivity contribution in [3.8, 4) is 5.75 Å². The van der Waals surface area contributed by atoms with Crippen LogP contribution in [-0.2, 0) is 6.42 Å². The van der Waals surface area contributed by atoms with Gasteiger partial charge in [0.25, 0.3) is 5.91 Å². The zero-order valence-electron chi connectivity index (χ0n) is 11.4. The molecule has 0 saturated carbocycles. The molecule has 108 valence electrons. The Labute approximate surface area is 121 Å². The lowest BCUT2D eigenvalue weighted by Crippen LogP contribution is -2.11. The number of phenols is 1. The highest BCUT2D eigenvalue weighted by Gasteiger charge is 2.16. The van der Waals surface area contributed by atoms with Crippen LogP contribution < -0.4 is 5.32 Å². The molecule has 2 N–H and O–H groups in total. The van der Waals surface area contributed by atoms with E-state index in [4.69, 9.17) is 0 Å². The maximum absolute atomic E-state index is 12.0. The predicted molar refractivity (Wildman–Crippen MR) is 78.5 cm³/mol. The van der Waals surface area contributed by atoms with Gasteiger partial charge in [-0.2, -0.15) is 0 Å². The van der Waals surface area contributed by atoms with Crippen LogP contribution >= 0.6 is 0 Å². The number of hydrogen-bond acceptors (Lipinski definition) is 4. The summed E-state index contributed by atoms with van der Waals surface area (Å²) in [5, 5.41) is 22.8. The predicted octanol–water partition coefficient (Wildman–Crippen LogP) is 3.12. The SMILES string of the molecule is CCc1ccc(NC(=O)c2ccc([N+](=O)[O-])c(O)c2)cc1. The zero-order chi connectivity index (χ0) is 15.4. The number of carbonyl (C=O) groups is 1. The molecular formula is C15H14N2O4. The number of anilines is 1. The Morgan fingerprint density at radius 2 is 1.90 bits per heavy atom. The summed E-state index contributed by atoms with van der Waals surface area (Å²) in [4.78, 5) is 21.9. The van der Waals surface area contributed by atoms with E-state index in [1.807, 2.05) is 19.1 Å². The molecule has 0 radical (unpaired) electrons. The molecule has 0 bridgehead atoms. The molecule has 0 saturated heterocycles. The van der Waals surface area contributed by atoms with Gasteiger partial charge < -0.3 is 10.4 Å². The maximum atomic E-state index is 12.0. The van der Waals surface area contributed by atoms with E-state index in [0.29, 0.717) is 5.69 Å². The molecule has 0 atom stereocenters. The van der Waals surface area contributed by atoms with Gasteiger partial charge in [-0.05, 0) is 36.2 Å². The maximum Gasteiger partial charge on any atom is 0.310 e. The van der Waals surface area contributed by atoms with E-state index in [2.05, 4.69) is 5.32 Å². The summed E-state index contributed by atoms with van der Waals surface area (Å²) in [6, 6.07) is 10.8. The van der Waals surface area contributed by atoms with E-state index in [-0.39, 0.29) is 5.56 Å². The van der Waals surface area contributed by atoms with Crippen molar-refractivity contribution in [2.24, 2.45) is 0 Å². The normalized spacial score (nSPS) is 10.1. The molecule has 21 heavy (non-hydrogen) atoms. The highest BCUT2D eigenvalue weighted by molar-refractivity contribution is 6.04. The number of nitrogens with one attached hydrogen (secondary N) is 1. The van der Waals surface area contributed by atoms with Gasteiger partial charge in [-0.25, -0.2) is 0 Å². The molecule has 0 heterocycles. The molecule has 0 spiro atoms. The van der Waals surface area contributed by atoms with Crippen molar-refractivity contribution in [1.82, 2.24) is 0 Å². The molecule has 0 unspecified atom stereocenters. The average molecular weight is 286 g/mol. The van der Waals surface area contributed by atoms with Crippen LogP contribution in [-0.4, -0.2) is 15.9 Å². The van der Waals surface area contributed by atoms with Crippen LogP contribution in [0.1, 0.15) is 22.8 Å². The zero-order valence-corrected chi connectivity index (χ0v) is 11.4. The first-order valence-corrected chi connectivity index (χ1v) is 6.39. The van der Waals surface area contributed by atoms with Gasteiger partial charge in [0.2, 0.25) is 0 Å². The van der Waals surface area contributed by atoms with Gasteiger partial charge in [0.1, 0.15) is 0 Å². The van der Waals surface area contributed by atoms with Crippen LogP contribution in [0.3, 0.4) is 0 Å². The van der Waals surface area contributed by atoms with E-state index in [0.717, 1.165) is 24.1 Å². The molecule has 0 aliphatic heterocycles. The molecule has 0 aromatic heterocycles. The summed E-state index contributed by atoms with van der Waals surface area (Å²) in [5.74, 6) is -0.974. The summed E-state index contributed by atoms with van der Waals surface area (Å²) < 4.78 is 0. The summed E-state index contributed by atoms with van der Waals surface area (Å²) in [6.45, 7) is 2.03. The quantitative estimate of drug-likeness (QED) is 0.667. The van der Waals surface area contributed by atoms with Crippen LogP contribution in [0.2, 0.25) is 0 Å². The molecule has 2 aromatic rings. The number of amides is 1. The second-order valence-electron chi connectivity index (χ2n) is 4.47. The van der Waals surface area contributed by atoms with Crippen molar-refractivity contribution in [1.29, 1.82) is 0 Å². The van der Waals surface area contributed by atoms with Crippen molar-refractivity contribution in [3.63, 3.8) is 0 Å². The fourth-order valence-electron chi connectivity index (χ4n) is 1.85. The first kappa shape index (κ1) is 14.5. The molecule has 1 amide bonds. The van der Waals surface area contributed by atoms with Crippen molar-refractivity contribution in [2.75, 3.05) is 5.32 Å². The average Bonchev–Trinajstić information content (AvgIpc) is 2.47. The molecule has 6 nitrogen and oxygen atoms in total. The van der Waals surface area contributed by atoms with Gasteiger partial charge in [0.15, 0.2) is 5.75 Å². The Kier molecular flexibility index (Phi) is 4.18. The molecule has 6 heteroatoms. The smallest absolute Gasteiger partial charge is 0.310 e. The van der Waals surface area contributed by atoms with Crippen LogP contribution in [0.25, 0.3) is 0 Å². The lowest BCUT2D eigenvalue weighted by atomic mass is 10.1. The van der Waals surface area contributed by atoms with Gasteiger partial charge in [-0.1, -0.05) is 19.1 Å². The van der Waals surface area contributed by atoms with Crippen molar-refractivity contribution in [2.45, 2.75) is 13.3 Å². The van der Waals surface area contributed by atoms with E-state index in [1.165, 1.54) is 6.07 Å². The monoisotopic (exact) mass is 286 g/mol. The van der Waals surface area contributed by atoms with Crippen LogP contribution in [0.4, 0.5) is 11.4 Å². The van der Waals surface area contributed by atoms with E-state index < -0.39 is 22.3 Å². The van der Waals surface area contributed by atoms with Gasteiger partial charge in [0.05, 0.1) is 4.92 Å². The fraction of sp³-hybridized carbons (Fsp3) is 0.133. The second kappa shape index (κ2) is 6.04. The van der Waals surface area contributed by atoms with Crippen molar-refractivity contribution < 1.29 is 14.8 Å². The molecule has 0 aliphatic rings. The standard InChI is InChI=1S/C15H14N2O4/c1-2-10-3-6-12(7-4-10)16-15(19)11-5-8-13(17(20)21)14(18)9-11/h3-9,18H,2H2,1H3,(H,16,19). The lowest BCUT2D eigenvalue weighted by Gasteiger charge is -2.06. The number of aromatic hydroxyl groups is 1. The minimum Gasteiger partial charge on any atom is -0.502 e. The lowest BCUT2D eigenvalue weighted by molar-refractivity contribution is -0.385. The number of carbonyl (C=O) groups excluding carboxylic acids is 1. The molecule has 0 aliphatic carbocycles. The number of nitrogens with zero attached hydrogens (tertiary/aromatic N) is 1. The number of rotatable bonds is 4. The molecule has 0 fully saturated rings. The van der Waals surface area contributed by atoms with E-state index in [9.17, 15) is 20.0 Å². The molecular weight excluding hydrogens is 272 g/mol. The highest BCUT2D eigenvalue weighted by atomic mass is 16.6. The Hall–Kier alpha value is -2.89. The second-order valence-corrected chi connectivity index (χ2v) is 4.47. The van der Waals surface area contributed by atoms with Gasteiger partial charge in [-0.15, -0.1) is 0 Å². The number of phenolic OH excluding ortho intramolecular Hbond substituents is 1. The minimum atomic E-state index is -0.708. The summed E-state index contributed by atoms with van der Waals surface area (Å²) >= 11 is 0. The minimum absolute atomic E-state index is 0.151. The largest absolute Gasteiger partial charge is 0.502 e. The number of nitro benzene ring substituents is 1. The van der Waals surface area contributed by atoms with Crippen LogP contribution in [0.5, 0.6) is 5.75 Å². The number of aryl methyl sites for hydroxylation is 1. The summed E-state index contributed by atoms with van der Waals surface area (Å²) in [7, 11) is 0. The Morgan fingerprint density at radius 1 is 1.24 bits per heavy atom. The third-order valence-corrected chi connectivity index (χ3v) is 3.05. The van der Waals surface area contributed by atoms with Gasteiger partial charge in [0, 0.05) is 17.3 Å². The van der Waals surface area contributed by atoms with Crippen molar-refractivity contribution >= 4 is 17.3 Å². The third-order valence-electron chi connectivity index (χ3n) is 3.05. The first-order valence-electron chi connectivity index (χ1n) is 6.39.